The molecule has 3 aliphatic rings. The molecule has 2 heterocycles. The minimum absolute atomic E-state index is 0.139. The van der Waals surface area contributed by atoms with Crippen molar-refractivity contribution in [2.75, 3.05) is 39.5 Å². The average molecular weight is 340 g/mol. The highest BCUT2D eigenvalue weighted by Gasteiger charge is 2.40. The third-order valence-electron chi connectivity index (χ3n) is 5.37. The van der Waals surface area contributed by atoms with E-state index in [9.17, 15) is 4.79 Å². The molecule has 3 fully saturated rings. The molecule has 6 heteroatoms. The van der Waals surface area contributed by atoms with Gasteiger partial charge in [-0.25, -0.2) is 0 Å². The monoisotopic (exact) mass is 340 g/mol. The van der Waals surface area contributed by atoms with Gasteiger partial charge in [0.15, 0.2) is 5.79 Å². The summed E-state index contributed by atoms with van der Waals surface area (Å²) in [6.45, 7) is 8.64. The number of ether oxygens (including phenoxy) is 3. The molecule has 0 aromatic heterocycles. The van der Waals surface area contributed by atoms with Crippen molar-refractivity contribution in [3.05, 3.63) is 0 Å². The Morgan fingerprint density at radius 2 is 1.92 bits per heavy atom. The van der Waals surface area contributed by atoms with E-state index in [1.54, 1.807) is 0 Å². The van der Waals surface area contributed by atoms with E-state index in [2.05, 4.69) is 24.1 Å². The predicted molar refractivity (Wildman–Crippen MR) is 90.7 cm³/mol. The van der Waals surface area contributed by atoms with Gasteiger partial charge in [-0.15, -0.1) is 0 Å². The van der Waals surface area contributed by atoms with Crippen molar-refractivity contribution >= 4 is 5.91 Å². The van der Waals surface area contributed by atoms with Crippen LogP contribution in [-0.4, -0.2) is 68.2 Å². The third kappa shape index (κ3) is 4.69. The molecule has 1 atom stereocenters. The molecule has 1 unspecified atom stereocenters. The smallest absolute Gasteiger partial charge is 0.234 e. The third-order valence-corrected chi connectivity index (χ3v) is 5.37. The molecule has 138 valence electrons. The van der Waals surface area contributed by atoms with E-state index in [1.807, 2.05) is 0 Å². The molecular weight excluding hydrogens is 308 g/mol. The Morgan fingerprint density at radius 1 is 1.21 bits per heavy atom. The van der Waals surface area contributed by atoms with Crippen LogP contribution in [0.2, 0.25) is 0 Å². The molecule has 0 aromatic carbocycles. The fourth-order valence-electron chi connectivity index (χ4n) is 4.10. The quantitative estimate of drug-likeness (QED) is 0.823. The van der Waals surface area contributed by atoms with Gasteiger partial charge in [0.05, 0.1) is 33.0 Å². The molecule has 0 bridgehead atoms. The second kappa shape index (κ2) is 8.13. The van der Waals surface area contributed by atoms with Crippen LogP contribution in [0.15, 0.2) is 0 Å². The number of rotatable bonds is 5. The summed E-state index contributed by atoms with van der Waals surface area (Å²) >= 11 is 0. The zero-order valence-corrected chi connectivity index (χ0v) is 15.1. The fourth-order valence-corrected chi connectivity index (χ4v) is 4.10. The fraction of sp³-hybridized carbons (Fsp3) is 0.944. The van der Waals surface area contributed by atoms with Gasteiger partial charge in [-0.3, -0.25) is 9.69 Å². The Hall–Kier alpha value is -0.690. The standard InChI is InChI=1S/C18H32N2O4/c1-14(2)11-16-13-22-8-7-20(16)12-17(21)19-15-3-5-18(6-4-15)23-9-10-24-18/h14-16H,3-13H2,1-2H3,(H,19,21). The summed E-state index contributed by atoms with van der Waals surface area (Å²) in [7, 11) is 0. The van der Waals surface area contributed by atoms with Crippen molar-refractivity contribution in [3.8, 4) is 0 Å². The summed E-state index contributed by atoms with van der Waals surface area (Å²) < 4.78 is 17.1. The first-order chi connectivity index (χ1) is 11.6. The first-order valence-electron chi connectivity index (χ1n) is 9.45. The first kappa shape index (κ1) is 18.1. The number of hydrogen-bond acceptors (Lipinski definition) is 5. The molecule has 1 amide bonds. The number of amides is 1. The predicted octanol–water partition coefficient (Wildman–Crippen LogP) is 1.54. The maximum Gasteiger partial charge on any atom is 0.234 e. The lowest BCUT2D eigenvalue weighted by Crippen LogP contribution is -2.52. The number of nitrogens with zero attached hydrogens (tertiary/aromatic N) is 1. The van der Waals surface area contributed by atoms with Gasteiger partial charge >= 0.3 is 0 Å². The van der Waals surface area contributed by atoms with Crippen LogP contribution < -0.4 is 5.32 Å². The van der Waals surface area contributed by atoms with Gasteiger partial charge in [0, 0.05) is 31.5 Å². The summed E-state index contributed by atoms with van der Waals surface area (Å²) in [6.07, 6.45) is 4.71. The van der Waals surface area contributed by atoms with Crippen LogP contribution in [-0.2, 0) is 19.0 Å². The minimum Gasteiger partial charge on any atom is -0.378 e. The zero-order chi connectivity index (χ0) is 17.0. The lowest BCUT2D eigenvalue weighted by Gasteiger charge is -2.38. The van der Waals surface area contributed by atoms with E-state index >= 15 is 0 Å². The van der Waals surface area contributed by atoms with E-state index in [0.717, 1.165) is 51.9 Å². The van der Waals surface area contributed by atoms with Gasteiger partial charge in [-0.05, 0) is 25.2 Å². The Labute approximate surface area is 145 Å². The SMILES string of the molecule is CC(C)CC1COCCN1CC(=O)NC1CCC2(CC1)OCCO2. The zero-order valence-electron chi connectivity index (χ0n) is 15.1. The highest BCUT2D eigenvalue weighted by molar-refractivity contribution is 5.78. The number of hydrogen-bond donors (Lipinski definition) is 1. The largest absolute Gasteiger partial charge is 0.378 e. The molecule has 1 saturated carbocycles. The molecule has 24 heavy (non-hydrogen) atoms. The van der Waals surface area contributed by atoms with Crippen LogP contribution >= 0.6 is 0 Å². The van der Waals surface area contributed by atoms with Gasteiger partial charge in [-0.1, -0.05) is 13.8 Å². The second-order valence-electron chi connectivity index (χ2n) is 7.78. The lowest BCUT2D eigenvalue weighted by atomic mass is 9.90. The molecule has 2 aliphatic heterocycles. The van der Waals surface area contributed by atoms with Gasteiger partial charge in [-0.2, -0.15) is 0 Å². The maximum atomic E-state index is 12.5. The van der Waals surface area contributed by atoms with Crippen molar-refractivity contribution in [1.29, 1.82) is 0 Å². The second-order valence-corrected chi connectivity index (χ2v) is 7.78. The highest BCUT2D eigenvalue weighted by Crippen LogP contribution is 2.35. The number of carbonyl (C=O) groups excluding carboxylic acids is 1. The summed E-state index contributed by atoms with van der Waals surface area (Å²) in [5, 5.41) is 3.21. The van der Waals surface area contributed by atoms with Crippen LogP contribution in [0.5, 0.6) is 0 Å². The molecule has 3 rings (SSSR count). The van der Waals surface area contributed by atoms with Crippen LogP contribution in [0.3, 0.4) is 0 Å². The Balaban J connectivity index is 1.43. The number of carbonyl (C=O) groups is 1. The normalized spacial score (nSPS) is 28.5. The van der Waals surface area contributed by atoms with Gasteiger partial charge < -0.3 is 19.5 Å². The first-order valence-corrected chi connectivity index (χ1v) is 9.45. The molecule has 1 spiro atoms. The molecular formula is C18H32N2O4. The summed E-state index contributed by atoms with van der Waals surface area (Å²) in [5.74, 6) is 0.399. The van der Waals surface area contributed by atoms with Crippen molar-refractivity contribution < 1.29 is 19.0 Å². The van der Waals surface area contributed by atoms with Gasteiger partial charge in [0.25, 0.3) is 0 Å². The molecule has 0 aromatic rings. The Kier molecular flexibility index (Phi) is 6.13. The van der Waals surface area contributed by atoms with Crippen molar-refractivity contribution in [2.24, 2.45) is 5.92 Å². The van der Waals surface area contributed by atoms with Crippen molar-refractivity contribution in [3.63, 3.8) is 0 Å². The van der Waals surface area contributed by atoms with Crippen LogP contribution in [0.4, 0.5) is 0 Å². The van der Waals surface area contributed by atoms with E-state index in [-0.39, 0.29) is 17.7 Å². The average Bonchev–Trinajstić information content (AvgIpc) is 3.00. The molecule has 2 saturated heterocycles. The van der Waals surface area contributed by atoms with Crippen LogP contribution in [0.1, 0.15) is 46.0 Å². The van der Waals surface area contributed by atoms with E-state index < -0.39 is 0 Å². The number of nitrogens with one attached hydrogen (secondary N) is 1. The summed E-state index contributed by atoms with van der Waals surface area (Å²) in [4.78, 5) is 14.8. The van der Waals surface area contributed by atoms with Crippen LogP contribution in [0, 0.1) is 5.92 Å². The molecule has 0 radical (unpaired) electrons. The molecule has 6 nitrogen and oxygen atoms in total. The van der Waals surface area contributed by atoms with E-state index in [4.69, 9.17) is 14.2 Å². The summed E-state index contributed by atoms with van der Waals surface area (Å²) in [5.41, 5.74) is 0. The van der Waals surface area contributed by atoms with E-state index in [0.29, 0.717) is 31.7 Å². The van der Waals surface area contributed by atoms with Crippen LogP contribution in [0.25, 0.3) is 0 Å². The summed E-state index contributed by atoms with van der Waals surface area (Å²) in [6, 6.07) is 0.611. The van der Waals surface area contributed by atoms with Crippen molar-refractivity contribution in [2.45, 2.75) is 63.8 Å². The van der Waals surface area contributed by atoms with E-state index in [1.165, 1.54) is 0 Å². The van der Waals surface area contributed by atoms with Crippen molar-refractivity contribution in [1.82, 2.24) is 10.2 Å². The Morgan fingerprint density at radius 3 is 2.58 bits per heavy atom. The molecule has 1 aliphatic carbocycles. The minimum atomic E-state index is -0.353. The lowest BCUT2D eigenvalue weighted by molar-refractivity contribution is -0.180. The highest BCUT2D eigenvalue weighted by atomic mass is 16.7. The Bertz CT molecular complexity index is 413. The van der Waals surface area contributed by atoms with Gasteiger partial charge in [0.1, 0.15) is 0 Å². The topological polar surface area (TPSA) is 60.0 Å². The number of morpholine rings is 1. The van der Waals surface area contributed by atoms with Gasteiger partial charge in [0.2, 0.25) is 5.91 Å². The molecule has 1 N–H and O–H groups in total. The maximum absolute atomic E-state index is 12.5.